The van der Waals surface area contributed by atoms with E-state index in [0.717, 1.165) is 5.52 Å². The van der Waals surface area contributed by atoms with E-state index in [-0.39, 0.29) is 50.1 Å². The number of hydrogen-bond donors (Lipinski definition) is 1. The summed E-state index contributed by atoms with van der Waals surface area (Å²) in [7, 11) is 0. The summed E-state index contributed by atoms with van der Waals surface area (Å²) >= 11 is 0. The number of amides is 2. The smallest absolute Gasteiger partial charge is 0.312 e. The summed E-state index contributed by atoms with van der Waals surface area (Å²) < 4.78 is 14.2. The third-order valence-corrected chi connectivity index (χ3v) is 9.77. The van der Waals surface area contributed by atoms with Gasteiger partial charge in [-0.25, -0.2) is 4.68 Å². The number of esters is 1. The number of likely N-dealkylation sites (tertiary alicyclic amines) is 1. The largest absolute Gasteiger partial charge is 0.465 e. The van der Waals surface area contributed by atoms with Crippen LogP contribution < -0.4 is 0 Å². The maximum absolute atomic E-state index is 14.9. The Labute approximate surface area is 258 Å². The molecule has 0 saturated carbocycles. The Balaban J connectivity index is 1.57. The van der Waals surface area contributed by atoms with E-state index in [1.54, 1.807) is 21.7 Å². The van der Waals surface area contributed by atoms with Crippen molar-refractivity contribution in [3.63, 3.8) is 0 Å². The van der Waals surface area contributed by atoms with Gasteiger partial charge in [0.05, 0.1) is 36.3 Å². The summed E-state index contributed by atoms with van der Waals surface area (Å²) in [5.74, 6) is -2.97. The maximum Gasteiger partial charge on any atom is 0.312 e. The SMILES string of the molecule is C=CCCCOC(=O)[C@H]1[C@H]2C(=O)N([C@@H](CO)CC(C)C)C(C(=O)N(CC=C)Cn3nnc4ccccc43)C23CC(C)[C@]1(C)O3. The fraction of sp³-hybridized carbons (Fsp3) is 0.606. The number of para-hydroxylation sites is 1. The Morgan fingerprint density at radius 2 is 2.02 bits per heavy atom. The van der Waals surface area contributed by atoms with Crippen molar-refractivity contribution in [2.24, 2.45) is 23.7 Å². The first-order chi connectivity index (χ1) is 21.0. The third-order valence-electron chi connectivity index (χ3n) is 9.77. The molecule has 4 heterocycles. The Bertz CT molecular complexity index is 1420. The van der Waals surface area contributed by atoms with Crippen molar-refractivity contribution in [2.45, 2.75) is 83.3 Å². The Morgan fingerprint density at radius 3 is 2.70 bits per heavy atom. The Kier molecular flexibility index (Phi) is 9.00. The average Bonchev–Trinajstić information content (AvgIpc) is 3.66. The van der Waals surface area contributed by atoms with E-state index < -0.39 is 41.1 Å². The summed E-state index contributed by atoms with van der Waals surface area (Å²) in [4.78, 5) is 46.3. The molecule has 7 atom stereocenters. The first-order valence-electron chi connectivity index (χ1n) is 15.6. The van der Waals surface area contributed by atoms with Crippen LogP contribution in [0.4, 0.5) is 0 Å². The fourth-order valence-corrected chi connectivity index (χ4v) is 7.75. The van der Waals surface area contributed by atoms with E-state index in [4.69, 9.17) is 9.47 Å². The molecular formula is C33H45N5O6. The van der Waals surface area contributed by atoms with E-state index in [0.29, 0.717) is 31.2 Å². The summed E-state index contributed by atoms with van der Waals surface area (Å²) in [6.45, 7) is 15.6. The Hall–Kier alpha value is -3.57. The van der Waals surface area contributed by atoms with E-state index in [2.05, 4.69) is 23.5 Å². The lowest BCUT2D eigenvalue weighted by Crippen LogP contribution is -2.59. The van der Waals surface area contributed by atoms with Gasteiger partial charge in [-0.1, -0.05) is 50.3 Å². The van der Waals surface area contributed by atoms with Gasteiger partial charge in [-0.15, -0.1) is 18.3 Å². The molecule has 11 nitrogen and oxygen atoms in total. The lowest BCUT2D eigenvalue weighted by atomic mass is 9.62. The minimum Gasteiger partial charge on any atom is -0.465 e. The molecule has 0 aliphatic carbocycles. The van der Waals surface area contributed by atoms with Gasteiger partial charge in [-0.05, 0) is 56.6 Å². The van der Waals surface area contributed by atoms with Gasteiger partial charge in [-0.2, -0.15) is 0 Å². The fourth-order valence-electron chi connectivity index (χ4n) is 7.75. The predicted octanol–water partition coefficient (Wildman–Crippen LogP) is 3.33. The highest BCUT2D eigenvalue weighted by Gasteiger charge is 2.80. The molecule has 2 bridgehead atoms. The molecule has 11 heteroatoms. The lowest BCUT2D eigenvalue weighted by Gasteiger charge is -2.39. The second kappa shape index (κ2) is 12.4. The van der Waals surface area contributed by atoms with Crippen LogP contribution in [0.5, 0.6) is 0 Å². The van der Waals surface area contributed by atoms with Crippen LogP contribution in [0.1, 0.15) is 53.4 Å². The van der Waals surface area contributed by atoms with Crippen LogP contribution in [0.15, 0.2) is 49.6 Å². The molecule has 2 aromatic rings. The molecule has 2 amide bonds. The highest BCUT2D eigenvalue weighted by molar-refractivity contribution is 5.98. The van der Waals surface area contributed by atoms with Gasteiger partial charge in [-0.3, -0.25) is 14.4 Å². The van der Waals surface area contributed by atoms with Gasteiger partial charge in [0, 0.05) is 6.54 Å². The van der Waals surface area contributed by atoms with Crippen molar-refractivity contribution in [1.29, 1.82) is 0 Å². The molecule has 3 unspecified atom stereocenters. The van der Waals surface area contributed by atoms with Crippen LogP contribution in [-0.4, -0.2) is 90.7 Å². The average molecular weight is 608 g/mol. The number of carbonyl (C=O) groups excluding carboxylic acids is 3. The normalized spacial score (nSPS) is 29.7. The number of aromatic nitrogens is 3. The summed E-state index contributed by atoms with van der Waals surface area (Å²) in [6, 6.07) is 5.78. The van der Waals surface area contributed by atoms with Crippen molar-refractivity contribution in [1.82, 2.24) is 24.8 Å². The second-order valence-corrected chi connectivity index (χ2v) is 13.1. The molecule has 1 aromatic heterocycles. The number of fused-ring (bicyclic) bond motifs is 2. The molecule has 1 aromatic carbocycles. The van der Waals surface area contributed by atoms with E-state index in [1.807, 2.05) is 52.0 Å². The lowest BCUT2D eigenvalue weighted by molar-refractivity contribution is -0.164. The van der Waals surface area contributed by atoms with Crippen LogP contribution in [0.3, 0.4) is 0 Å². The third kappa shape index (κ3) is 5.13. The van der Waals surface area contributed by atoms with Gasteiger partial charge in [0.25, 0.3) is 0 Å². The predicted molar refractivity (Wildman–Crippen MR) is 164 cm³/mol. The number of benzene rings is 1. The number of rotatable bonds is 14. The van der Waals surface area contributed by atoms with Crippen LogP contribution in [0.2, 0.25) is 0 Å². The minimum absolute atomic E-state index is 0.0697. The van der Waals surface area contributed by atoms with Crippen LogP contribution in [0, 0.1) is 23.7 Å². The molecule has 0 radical (unpaired) electrons. The molecule has 3 aliphatic heterocycles. The van der Waals surface area contributed by atoms with E-state index in [9.17, 15) is 19.5 Å². The molecule has 3 saturated heterocycles. The molecule has 1 N–H and O–H groups in total. The molecular weight excluding hydrogens is 562 g/mol. The maximum atomic E-state index is 14.9. The zero-order valence-electron chi connectivity index (χ0n) is 26.2. The topological polar surface area (TPSA) is 127 Å². The zero-order chi connectivity index (χ0) is 31.8. The van der Waals surface area contributed by atoms with Crippen molar-refractivity contribution < 1.29 is 29.0 Å². The Morgan fingerprint density at radius 1 is 1.27 bits per heavy atom. The highest BCUT2D eigenvalue weighted by atomic mass is 16.6. The summed E-state index contributed by atoms with van der Waals surface area (Å²) in [5, 5.41) is 19.1. The number of hydrogen-bond acceptors (Lipinski definition) is 8. The van der Waals surface area contributed by atoms with E-state index in [1.165, 1.54) is 4.90 Å². The molecule has 1 spiro atoms. The van der Waals surface area contributed by atoms with Gasteiger partial charge < -0.3 is 24.4 Å². The molecule has 5 rings (SSSR count). The quantitative estimate of drug-likeness (QED) is 0.197. The number of nitrogens with zero attached hydrogens (tertiary/aromatic N) is 5. The monoisotopic (exact) mass is 607 g/mol. The van der Waals surface area contributed by atoms with E-state index >= 15 is 0 Å². The number of ether oxygens (including phenoxy) is 2. The van der Waals surface area contributed by atoms with Gasteiger partial charge in [0.2, 0.25) is 11.8 Å². The molecule has 44 heavy (non-hydrogen) atoms. The van der Waals surface area contributed by atoms with Gasteiger partial charge in [0.15, 0.2) is 0 Å². The molecule has 3 fully saturated rings. The number of carbonyl (C=O) groups is 3. The van der Waals surface area contributed by atoms with Crippen LogP contribution >= 0.6 is 0 Å². The zero-order valence-corrected chi connectivity index (χ0v) is 26.2. The minimum atomic E-state index is -1.26. The van der Waals surface area contributed by atoms with Crippen molar-refractivity contribution in [3.05, 3.63) is 49.6 Å². The van der Waals surface area contributed by atoms with Gasteiger partial charge >= 0.3 is 5.97 Å². The number of aliphatic hydroxyl groups excluding tert-OH is 1. The molecule has 238 valence electrons. The first-order valence-corrected chi connectivity index (χ1v) is 15.6. The van der Waals surface area contributed by atoms with Crippen LogP contribution in [-0.2, 0) is 30.5 Å². The summed E-state index contributed by atoms with van der Waals surface area (Å²) in [5.41, 5.74) is -0.794. The van der Waals surface area contributed by atoms with Crippen molar-refractivity contribution in [2.75, 3.05) is 19.8 Å². The standard InChI is InChI=1S/C33H45N5O6/c1-7-9-12-16-43-31(42)27-26-29(40)38(23(19-39)17-21(3)4)28(33(26)18-22(5)32(27,6)44-33)30(41)36(15-8-2)20-37-25-14-11-10-13-24(25)34-35-37/h7-8,10-11,13-14,21-23,26-28,39H,1-2,9,12,15-20H2,3-6H3/t22?,23-,26+,27-,28?,32+,33?/m1/s1. The number of allylic oxidation sites excluding steroid dienone is 1. The number of unbranched alkanes of at least 4 members (excludes halogenated alkanes) is 1. The van der Waals surface area contributed by atoms with Crippen LogP contribution in [0.25, 0.3) is 11.0 Å². The van der Waals surface area contributed by atoms with Crippen molar-refractivity contribution >= 4 is 28.8 Å². The first kappa shape index (κ1) is 31.8. The summed E-state index contributed by atoms with van der Waals surface area (Å²) in [6.07, 6.45) is 5.62. The van der Waals surface area contributed by atoms with Crippen molar-refractivity contribution in [3.8, 4) is 0 Å². The highest BCUT2D eigenvalue weighted by Crippen LogP contribution is 2.65. The second-order valence-electron chi connectivity index (χ2n) is 13.1. The molecule has 3 aliphatic rings. The number of aliphatic hydroxyl groups is 1. The van der Waals surface area contributed by atoms with Gasteiger partial charge in [0.1, 0.15) is 29.7 Å².